The Morgan fingerprint density at radius 1 is 1.15 bits per heavy atom. The maximum absolute atomic E-state index is 5.14. The van der Waals surface area contributed by atoms with E-state index >= 15 is 0 Å². The van der Waals surface area contributed by atoms with Gasteiger partial charge in [0, 0.05) is 31.5 Å². The molecule has 5 nitrogen and oxygen atoms in total. The maximum atomic E-state index is 5.14. The van der Waals surface area contributed by atoms with E-state index in [0.717, 1.165) is 31.2 Å². The Bertz CT molecular complexity index is 666. The highest BCUT2D eigenvalue weighted by Gasteiger charge is 2.04. The van der Waals surface area contributed by atoms with Gasteiger partial charge in [0.15, 0.2) is 5.96 Å². The number of thiazole rings is 1. The highest BCUT2D eigenvalue weighted by Crippen LogP contribution is 2.16. The number of methoxy groups -OCH3 is 1. The molecule has 0 amide bonds. The molecule has 1 heterocycles. The van der Waals surface area contributed by atoms with Gasteiger partial charge in [0.25, 0.3) is 0 Å². The number of ether oxygens (including phenoxy) is 1. The van der Waals surface area contributed by atoms with Crippen LogP contribution in [-0.4, -0.2) is 31.1 Å². The van der Waals surface area contributed by atoms with Crippen LogP contribution in [-0.2, 0) is 24.3 Å². The number of guanidine groups is 1. The summed E-state index contributed by atoms with van der Waals surface area (Å²) >= 11 is 1.77. The van der Waals surface area contributed by atoms with Gasteiger partial charge < -0.3 is 15.4 Å². The van der Waals surface area contributed by atoms with Crippen LogP contribution in [0.2, 0.25) is 0 Å². The summed E-state index contributed by atoms with van der Waals surface area (Å²) in [5.41, 5.74) is 3.50. The Balaban J connectivity index is 0.00000338. The highest BCUT2D eigenvalue weighted by atomic mass is 127. The monoisotopic (exact) mass is 488 g/mol. The molecule has 7 heteroatoms. The topological polar surface area (TPSA) is 58.5 Å². The molecule has 0 bridgehead atoms. The molecule has 0 fully saturated rings. The van der Waals surface area contributed by atoms with E-state index in [1.54, 1.807) is 18.4 Å². The van der Waals surface area contributed by atoms with Gasteiger partial charge in [-0.2, -0.15) is 0 Å². The Morgan fingerprint density at radius 2 is 1.85 bits per heavy atom. The standard InChI is InChI=1S/C19H28N4OS.HI/c1-5-20-19(21-11-10-18-23-14(2)15(3)25-18)22-12-16-6-8-17(9-7-16)13-24-4;/h6-9H,5,10-13H2,1-4H3,(H2,20,21,22);1H. The zero-order valence-electron chi connectivity index (χ0n) is 16.0. The summed E-state index contributed by atoms with van der Waals surface area (Å²) in [4.78, 5) is 10.5. The summed E-state index contributed by atoms with van der Waals surface area (Å²) < 4.78 is 5.14. The Labute approximate surface area is 177 Å². The first-order chi connectivity index (χ1) is 12.1. The van der Waals surface area contributed by atoms with Gasteiger partial charge in [-0.3, -0.25) is 0 Å². The molecule has 0 saturated carbocycles. The molecule has 0 unspecified atom stereocenters. The predicted octanol–water partition coefficient (Wildman–Crippen LogP) is 3.82. The third-order valence-corrected chi connectivity index (χ3v) is 4.93. The van der Waals surface area contributed by atoms with E-state index in [2.05, 4.69) is 65.6 Å². The maximum Gasteiger partial charge on any atom is 0.191 e. The summed E-state index contributed by atoms with van der Waals surface area (Å²) in [6.45, 7) is 9.21. The van der Waals surface area contributed by atoms with Crippen LogP contribution >= 0.6 is 35.3 Å². The molecule has 0 aliphatic carbocycles. The third kappa shape index (κ3) is 7.59. The quantitative estimate of drug-likeness (QED) is 0.337. The van der Waals surface area contributed by atoms with E-state index in [-0.39, 0.29) is 24.0 Å². The van der Waals surface area contributed by atoms with Gasteiger partial charge in [-0.15, -0.1) is 35.3 Å². The number of aliphatic imine (C=N–C) groups is 1. The van der Waals surface area contributed by atoms with Crippen molar-refractivity contribution in [2.45, 2.75) is 40.3 Å². The first-order valence-corrected chi connectivity index (χ1v) is 9.45. The smallest absolute Gasteiger partial charge is 0.191 e. The molecule has 0 aliphatic heterocycles. The fraction of sp³-hybridized carbons (Fsp3) is 0.474. The van der Waals surface area contributed by atoms with E-state index in [1.807, 2.05) is 0 Å². The minimum Gasteiger partial charge on any atom is -0.380 e. The lowest BCUT2D eigenvalue weighted by Crippen LogP contribution is -2.38. The molecule has 0 saturated heterocycles. The van der Waals surface area contributed by atoms with Gasteiger partial charge in [-0.25, -0.2) is 9.98 Å². The number of hydrogen-bond donors (Lipinski definition) is 2. The molecule has 2 aromatic rings. The van der Waals surface area contributed by atoms with Crippen molar-refractivity contribution < 1.29 is 4.74 Å². The molecule has 0 radical (unpaired) electrons. The van der Waals surface area contributed by atoms with Crippen LogP contribution in [0.1, 0.15) is 33.6 Å². The second-order valence-electron chi connectivity index (χ2n) is 5.87. The molecule has 0 aliphatic rings. The number of benzene rings is 1. The number of hydrogen-bond acceptors (Lipinski definition) is 4. The summed E-state index contributed by atoms with van der Waals surface area (Å²) in [5, 5.41) is 7.85. The molecule has 0 atom stereocenters. The van der Waals surface area contributed by atoms with Crippen molar-refractivity contribution in [3.63, 3.8) is 0 Å². The van der Waals surface area contributed by atoms with Crippen molar-refractivity contribution >= 4 is 41.3 Å². The van der Waals surface area contributed by atoms with E-state index in [4.69, 9.17) is 4.74 Å². The fourth-order valence-corrected chi connectivity index (χ4v) is 3.29. The number of nitrogens with zero attached hydrogens (tertiary/aromatic N) is 2. The third-order valence-electron chi connectivity index (χ3n) is 3.80. The van der Waals surface area contributed by atoms with Gasteiger partial charge in [-0.05, 0) is 31.9 Å². The lowest BCUT2D eigenvalue weighted by molar-refractivity contribution is 0.185. The van der Waals surface area contributed by atoms with Gasteiger partial charge in [-0.1, -0.05) is 24.3 Å². The molecule has 1 aromatic heterocycles. The zero-order valence-corrected chi connectivity index (χ0v) is 19.1. The van der Waals surface area contributed by atoms with Gasteiger partial charge in [0.1, 0.15) is 0 Å². The molecular formula is C19H29IN4OS. The SMILES string of the molecule is CCNC(=NCc1ccc(COC)cc1)NCCc1nc(C)c(C)s1.I. The van der Waals surface area contributed by atoms with Crippen molar-refractivity contribution in [2.24, 2.45) is 4.99 Å². The Hall–Kier alpha value is -1.19. The van der Waals surface area contributed by atoms with Gasteiger partial charge in [0.2, 0.25) is 0 Å². The van der Waals surface area contributed by atoms with Crippen molar-refractivity contribution in [1.82, 2.24) is 15.6 Å². The van der Waals surface area contributed by atoms with E-state index < -0.39 is 0 Å². The number of rotatable bonds is 8. The van der Waals surface area contributed by atoms with Gasteiger partial charge in [0.05, 0.1) is 23.9 Å². The average molecular weight is 488 g/mol. The van der Waals surface area contributed by atoms with Crippen LogP contribution in [0, 0.1) is 13.8 Å². The minimum absolute atomic E-state index is 0. The summed E-state index contributed by atoms with van der Waals surface area (Å²) in [6, 6.07) is 8.37. The molecule has 2 N–H and O–H groups in total. The highest BCUT2D eigenvalue weighted by molar-refractivity contribution is 14.0. The number of halogens is 1. The van der Waals surface area contributed by atoms with Crippen LogP contribution in [0.3, 0.4) is 0 Å². The van der Waals surface area contributed by atoms with Crippen LogP contribution in [0.4, 0.5) is 0 Å². The molecule has 1 aromatic carbocycles. The second kappa shape index (κ2) is 12.2. The van der Waals surface area contributed by atoms with E-state index in [0.29, 0.717) is 13.2 Å². The minimum atomic E-state index is 0. The van der Waals surface area contributed by atoms with Crippen LogP contribution in [0.25, 0.3) is 0 Å². The van der Waals surface area contributed by atoms with Crippen LogP contribution in [0.5, 0.6) is 0 Å². The van der Waals surface area contributed by atoms with E-state index in [9.17, 15) is 0 Å². The fourth-order valence-electron chi connectivity index (χ4n) is 2.35. The largest absolute Gasteiger partial charge is 0.380 e. The second-order valence-corrected chi connectivity index (χ2v) is 7.16. The molecule has 0 spiro atoms. The molecular weight excluding hydrogens is 459 g/mol. The number of aromatic nitrogens is 1. The first kappa shape index (κ1) is 22.9. The number of aryl methyl sites for hydroxylation is 2. The average Bonchev–Trinajstić information content (AvgIpc) is 2.92. The summed E-state index contributed by atoms with van der Waals surface area (Å²) in [5.74, 6) is 0.841. The van der Waals surface area contributed by atoms with Crippen molar-refractivity contribution in [3.05, 3.63) is 51.0 Å². The molecule has 2 rings (SSSR count). The Morgan fingerprint density at radius 3 is 2.42 bits per heavy atom. The van der Waals surface area contributed by atoms with E-state index in [1.165, 1.54) is 21.0 Å². The normalized spacial score (nSPS) is 11.2. The lowest BCUT2D eigenvalue weighted by Gasteiger charge is -2.10. The van der Waals surface area contributed by atoms with Crippen LogP contribution in [0.15, 0.2) is 29.3 Å². The Kier molecular flexibility index (Phi) is 10.8. The molecule has 144 valence electrons. The van der Waals surface area contributed by atoms with Crippen molar-refractivity contribution in [3.8, 4) is 0 Å². The van der Waals surface area contributed by atoms with Crippen LogP contribution < -0.4 is 10.6 Å². The summed E-state index contributed by atoms with van der Waals surface area (Å²) in [6.07, 6.45) is 0.912. The molecule has 26 heavy (non-hydrogen) atoms. The van der Waals surface area contributed by atoms with Gasteiger partial charge >= 0.3 is 0 Å². The number of nitrogens with one attached hydrogen (secondary N) is 2. The lowest BCUT2D eigenvalue weighted by atomic mass is 10.1. The summed E-state index contributed by atoms with van der Waals surface area (Å²) in [7, 11) is 1.71. The van der Waals surface area contributed by atoms with Crippen molar-refractivity contribution in [2.75, 3.05) is 20.2 Å². The zero-order chi connectivity index (χ0) is 18.1. The predicted molar refractivity (Wildman–Crippen MR) is 121 cm³/mol. The van der Waals surface area contributed by atoms with Crippen molar-refractivity contribution in [1.29, 1.82) is 0 Å². The first-order valence-electron chi connectivity index (χ1n) is 8.64.